The molecule has 0 saturated carbocycles. The summed E-state index contributed by atoms with van der Waals surface area (Å²) in [7, 11) is 0. The van der Waals surface area contributed by atoms with Crippen molar-refractivity contribution < 1.29 is 19.3 Å². The van der Waals surface area contributed by atoms with Gasteiger partial charge in [-0.2, -0.15) is 0 Å². The van der Waals surface area contributed by atoms with E-state index in [-0.39, 0.29) is 11.9 Å². The van der Waals surface area contributed by atoms with Crippen LogP contribution in [-0.4, -0.2) is 37.6 Å². The number of phenolic OH excluding ortho intramolecular Hbond substituents is 1. The molecule has 0 bridgehead atoms. The summed E-state index contributed by atoms with van der Waals surface area (Å²) in [4.78, 5) is 0. The zero-order valence-corrected chi connectivity index (χ0v) is 10.4. The molecule has 1 unspecified atom stereocenters. The third-order valence-corrected chi connectivity index (χ3v) is 2.18. The van der Waals surface area contributed by atoms with Gasteiger partial charge in [-0.25, -0.2) is 0 Å². The van der Waals surface area contributed by atoms with Crippen LogP contribution in [0.4, 0.5) is 0 Å². The standard InChI is InChI=1S/C13H20O4/c1-3-15-9-13(16-4-2)10-17-12-7-5-11(14)6-8-12/h5-8,13-14H,3-4,9-10H2,1-2H3. The summed E-state index contributed by atoms with van der Waals surface area (Å²) in [5.41, 5.74) is 0. The SMILES string of the molecule is CCOCC(COc1ccc(O)cc1)OCC. The van der Waals surface area contributed by atoms with Crippen molar-refractivity contribution in [3.05, 3.63) is 24.3 Å². The fraction of sp³-hybridized carbons (Fsp3) is 0.538. The van der Waals surface area contributed by atoms with Crippen LogP contribution in [0.2, 0.25) is 0 Å². The number of ether oxygens (including phenoxy) is 3. The van der Waals surface area contributed by atoms with E-state index in [1.54, 1.807) is 24.3 Å². The van der Waals surface area contributed by atoms with Gasteiger partial charge in [0.15, 0.2) is 0 Å². The Balaban J connectivity index is 2.37. The third kappa shape index (κ3) is 5.56. The van der Waals surface area contributed by atoms with Crippen molar-refractivity contribution in [3.8, 4) is 11.5 Å². The highest BCUT2D eigenvalue weighted by Crippen LogP contribution is 2.16. The lowest BCUT2D eigenvalue weighted by Gasteiger charge is -2.17. The maximum atomic E-state index is 9.13. The van der Waals surface area contributed by atoms with E-state index in [0.29, 0.717) is 32.2 Å². The minimum absolute atomic E-state index is 0.0613. The second-order valence-electron chi connectivity index (χ2n) is 3.54. The molecule has 1 aromatic rings. The van der Waals surface area contributed by atoms with E-state index in [9.17, 15) is 0 Å². The molecule has 17 heavy (non-hydrogen) atoms. The highest BCUT2D eigenvalue weighted by molar-refractivity contribution is 5.30. The average Bonchev–Trinajstić information content (AvgIpc) is 2.35. The van der Waals surface area contributed by atoms with E-state index in [4.69, 9.17) is 19.3 Å². The second kappa shape index (κ2) is 7.92. The van der Waals surface area contributed by atoms with Gasteiger partial charge in [0.1, 0.15) is 24.2 Å². The second-order valence-corrected chi connectivity index (χ2v) is 3.54. The molecule has 1 rings (SSSR count). The molecule has 0 amide bonds. The van der Waals surface area contributed by atoms with Crippen molar-refractivity contribution in [2.24, 2.45) is 0 Å². The normalized spacial score (nSPS) is 12.4. The molecule has 1 N–H and O–H groups in total. The Bertz CT molecular complexity index is 297. The summed E-state index contributed by atoms with van der Waals surface area (Å²) in [6.07, 6.45) is -0.0613. The lowest BCUT2D eigenvalue weighted by molar-refractivity contribution is -0.0302. The minimum atomic E-state index is -0.0613. The average molecular weight is 240 g/mol. The number of hydrogen-bond acceptors (Lipinski definition) is 4. The smallest absolute Gasteiger partial charge is 0.119 e. The van der Waals surface area contributed by atoms with E-state index in [1.165, 1.54) is 0 Å². The van der Waals surface area contributed by atoms with Gasteiger partial charge >= 0.3 is 0 Å². The van der Waals surface area contributed by atoms with Crippen molar-refractivity contribution in [2.75, 3.05) is 26.4 Å². The van der Waals surface area contributed by atoms with Gasteiger partial charge in [0.05, 0.1) is 6.61 Å². The fourth-order valence-electron chi connectivity index (χ4n) is 1.36. The molecule has 0 aliphatic carbocycles. The maximum absolute atomic E-state index is 9.13. The lowest BCUT2D eigenvalue weighted by Crippen LogP contribution is -2.27. The van der Waals surface area contributed by atoms with Gasteiger partial charge in [-0.3, -0.25) is 0 Å². The van der Waals surface area contributed by atoms with Gasteiger partial charge in [-0.1, -0.05) is 0 Å². The van der Waals surface area contributed by atoms with Crippen LogP contribution in [0.3, 0.4) is 0 Å². The van der Waals surface area contributed by atoms with Crippen LogP contribution in [0.5, 0.6) is 11.5 Å². The largest absolute Gasteiger partial charge is 0.508 e. The van der Waals surface area contributed by atoms with Crippen LogP contribution < -0.4 is 4.74 Å². The van der Waals surface area contributed by atoms with Gasteiger partial charge in [0.2, 0.25) is 0 Å². The van der Waals surface area contributed by atoms with E-state index in [2.05, 4.69) is 0 Å². The first kappa shape index (κ1) is 13.8. The van der Waals surface area contributed by atoms with Crippen molar-refractivity contribution in [2.45, 2.75) is 20.0 Å². The van der Waals surface area contributed by atoms with Crippen molar-refractivity contribution in [1.82, 2.24) is 0 Å². The zero-order chi connectivity index (χ0) is 12.5. The van der Waals surface area contributed by atoms with E-state index < -0.39 is 0 Å². The van der Waals surface area contributed by atoms with Gasteiger partial charge in [0.25, 0.3) is 0 Å². The van der Waals surface area contributed by atoms with E-state index >= 15 is 0 Å². The van der Waals surface area contributed by atoms with E-state index in [0.717, 1.165) is 0 Å². The van der Waals surface area contributed by atoms with Crippen LogP contribution >= 0.6 is 0 Å². The molecule has 0 aromatic heterocycles. The molecule has 1 atom stereocenters. The Morgan fingerprint density at radius 1 is 1.06 bits per heavy atom. The van der Waals surface area contributed by atoms with Crippen LogP contribution in [-0.2, 0) is 9.47 Å². The van der Waals surface area contributed by atoms with Gasteiger partial charge in [0, 0.05) is 13.2 Å². The van der Waals surface area contributed by atoms with Crippen molar-refractivity contribution in [1.29, 1.82) is 0 Å². The molecular weight excluding hydrogens is 220 g/mol. The Labute approximate surface area is 102 Å². The predicted octanol–water partition coefficient (Wildman–Crippen LogP) is 2.21. The summed E-state index contributed by atoms with van der Waals surface area (Å²) in [5, 5.41) is 9.13. The first-order valence-electron chi connectivity index (χ1n) is 5.87. The van der Waals surface area contributed by atoms with Crippen LogP contribution in [0.15, 0.2) is 24.3 Å². The lowest BCUT2D eigenvalue weighted by atomic mass is 10.3. The van der Waals surface area contributed by atoms with Gasteiger partial charge in [-0.05, 0) is 38.1 Å². The van der Waals surface area contributed by atoms with Gasteiger partial charge < -0.3 is 19.3 Å². The molecule has 0 aliphatic heterocycles. The molecule has 1 aromatic carbocycles. The Morgan fingerprint density at radius 3 is 2.35 bits per heavy atom. The van der Waals surface area contributed by atoms with Crippen LogP contribution in [0.1, 0.15) is 13.8 Å². The third-order valence-electron chi connectivity index (χ3n) is 2.18. The molecule has 0 saturated heterocycles. The number of hydrogen-bond donors (Lipinski definition) is 1. The number of rotatable bonds is 8. The van der Waals surface area contributed by atoms with Crippen LogP contribution in [0.25, 0.3) is 0 Å². The Morgan fingerprint density at radius 2 is 1.76 bits per heavy atom. The molecule has 0 spiro atoms. The van der Waals surface area contributed by atoms with Crippen molar-refractivity contribution >= 4 is 0 Å². The highest BCUT2D eigenvalue weighted by atomic mass is 16.6. The summed E-state index contributed by atoms with van der Waals surface area (Å²) < 4.78 is 16.4. The quantitative estimate of drug-likeness (QED) is 0.757. The zero-order valence-electron chi connectivity index (χ0n) is 10.4. The molecule has 0 aliphatic rings. The molecular formula is C13H20O4. The molecule has 4 nitrogen and oxygen atoms in total. The first-order chi connectivity index (χ1) is 8.26. The Hall–Kier alpha value is -1.26. The van der Waals surface area contributed by atoms with E-state index in [1.807, 2.05) is 13.8 Å². The maximum Gasteiger partial charge on any atom is 0.119 e. The fourth-order valence-corrected chi connectivity index (χ4v) is 1.36. The molecule has 0 heterocycles. The summed E-state index contributed by atoms with van der Waals surface area (Å²) in [5.74, 6) is 0.942. The summed E-state index contributed by atoms with van der Waals surface area (Å²) in [6.45, 7) is 6.17. The Kier molecular flexibility index (Phi) is 6.43. The highest BCUT2D eigenvalue weighted by Gasteiger charge is 2.09. The predicted molar refractivity (Wildman–Crippen MR) is 65.5 cm³/mol. The topological polar surface area (TPSA) is 47.9 Å². The van der Waals surface area contributed by atoms with Crippen molar-refractivity contribution in [3.63, 3.8) is 0 Å². The molecule has 0 fully saturated rings. The van der Waals surface area contributed by atoms with Gasteiger partial charge in [-0.15, -0.1) is 0 Å². The first-order valence-corrected chi connectivity index (χ1v) is 5.87. The van der Waals surface area contributed by atoms with Crippen LogP contribution in [0, 0.1) is 0 Å². The number of aromatic hydroxyl groups is 1. The minimum Gasteiger partial charge on any atom is -0.508 e. The molecule has 4 heteroatoms. The monoisotopic (exact) mass is 240 g/mol. The summed E-state index contributed by atoms with van der Waals surface area (Å²) >= 11 is 0. The summed E-state index contributed by atoms with van der Waals surface area (Å²) in [6, 6.07) is 6.62. The number of benzene rings is 1. The molecule has 0 radical (unpaired) electrons. The molecule has 96 valence electrons. The number of phenols is 1.